The van der Waals surface area contributed by atoms with Crippen molar-refractivity contribution in [2.24, 2.45) is 7.05 Å². The van der Waals surface area contributed by atoms with E-state index in [4.69, 9.17) is 5.73 Å². The molecule has 0 spiro atoms. The topological polar surface area (TPSA) is 95.1 Å². The van der Waals surface area contributed by atoms with Crippen LogP contribution in [0.5, 0.6) is 0 Å². The minimum Gasteiger partial charge on any atom is -0.382 e. The van der Waals surface area contributed by atoms with E-state index in [2.05, 4.69) is 20.1 Å². The molecule has 0 radical (unpaired) electrons. The zero-order chi connectivity index (χ0) is 17.2. The van der Waals surface area contributed by atoms with Crippen LogP contribution in [0.25, 0.3) is 0 Å². The summed E-state index contributed by atoms with van der Waals surface area (Å²) in [5, 5.41) is 7.24. The largest absolute Gasteiger partial charge is 0.414 e. The summed E-state index contributed by atoms with van der Waals surface area (Å²) in [6.45, 7) is 0.105. The molecule has 11 heteroatoms. The molecule has 0 aliphatic heterocycles. The number of hydrogen-bond acceptors (Lipinski definition) is 7. The zero-order valence-corrected chi connectivity index (χ0v) is 13.0. The number of nitrogens with two attached hydrogens (primary N) is 1. The molecular formula is C12H14F3N5O2S. The number of nitrogen functional groups attached to an aromatic ring is 1. The molecule has 7 nitrogen and oxygen atoms in total. The molecule has 0 saturated heterocycles. The first-order chi connectivity index (χ1) is 10.7. The third-order valence-corrected chi connectivity index (χ3v) is 3.81. The Kier molecular flexibility index (Phi) is 4.90. The number of Topliss-reactive ketones (excluding diaryl/α,β-unsaturated/α-hetero) is 1. The van der Waals surface area contributed by atoms with E-state index < -0.39 is 24.7 Å². The Morgan fingerprint density at radius 2 is 2.26 bits per heavy atom. The van der Waals surface area contributed by atoms with Gasteiger partial charge in [0.05, 0.1) is 0 Å². The highest BCUT2D eigenvalue weighted by molar-refractivity contribution is 7.18. The molecule has 2 aromatic heterocycles. The minimum atomic E-state index is -4.52. The molecule has 0 saturated carbocycles. The monoisotopic (exact) mass is 349 g/mol. The third-order valence-electron chi connectivity index (χ3n) is 2.78. The van der Waals surface area contributed by atoms with Gasteiger partial charge in [-0.2, -0.15) is 18.3 Å². The molecule has 2 rings (SSSR count). The number of nitrogens with one attached hydrogen (secondary N) is 1. The molecule has 0 aromatic carbocycles. The Hall–Kier alpha value is -2.14. The Balaban J connectivity index is 2.01. The summed E-state index contributed by atoms with van der Waals surface area (Å²) < 4.78 is 43.1. The fourth-order valence-corrected chi connectivity index (χ4v) is 2.35. The Morgan fingerprint density at radius 3 is 2.83 bits per heavy atom. The van der Waals surface area contributed by atoms with E-state index in [9.17, 15) is 18.0 Å². The van der Waals surface area contributed by atoms with E-state index in [0.29, 0.717) is 10.9 Å². The molecule has 23 heavy (non-hydrogen) atoms. The normalized spacial score (nSPS) is 13.1. The van der Waals surface area contributed by atoms with Crippen LogP contribution in [-0.2, 0) is 11.8 Å². The van der Waals surface area contributed by atoms with E-state index in [1.807, 2.05) is 0 Å². The standard InChI is InChI=1S/C12H14F3N5O2S/c1-6(12(13,14)15)22-5-7(21)9-10(16)18-11(23-9)17-8-3-4-20(2)19-8/h3-4,6H,5,16H2,1-2H3,(H,17,18,19). The smallest absolute Gasteiger partial charge is 0.382 e. The minimum absolute atomic E-state index is 0.0396. The number of aryl methyl sites for hydroxylation is 1. The van der Waals surface area contributed by atoms with Crippen LogP contribution >= 0.6 is 11.3 Å². The van der Waals surface area contributed by atoms with Gasteiger partial charge in [-0.1, -0.05) is 11.3 Å². The Labute approximate surface area is 133 Å². The molecular weight excluding hydrogens is 335 g/mol. The van der Waals surface area contributed by atoms with E-state index in [1.165, 1.54) is 0 Å². The second kappa shape index (κ2) is 6.54. The molecule has 0 fully saturated rings. The highest BCUT2D eigenvalue weighted by atomic mass is 32.1. The summed E-state index contributed by atoms with van der Waals surface area (Å²) in [4.78, 5) is 15.9. The van der Waals surface area contributed by atoms with E-state index in [0.717, 1.165) is 18.3 Å². The highest BCUT2D eigenvalue weighted by Gasteiger charge is 2.37. The van der Waals surface area contributed by atoms with Crippen LogP contribution in [0.15, 0.2) is 12.3 Å². The number of halogens is 3. The van der Waals surface area contributed by atoms with E-state index in [-0.39, 0.29) is 10.7 Å². The number of thiazole rings is 1. The van der Waals surface area contributed by atoms with Gasteiger partial charge in [0.1, 0.15) is 17.3 Å². The summed E-state index contributed by atoms with van der Waals surface area (Å²) in [5.41, 5.74) is 5.63. The molecule has 0 aliphatic carbocycles. The number of ketones is 1. The summed E-state index contributed by atoms with van der Waals surface area (Å²) in [6, 6.07) is 1.69. The predicted octanol–water partition coefficient (Wildman–Crippen LogP) is 2.35. The number of alkyl halides is 3. The number of anilines is 3. The molecule has 2 heterocycles. The second-order valence-electron chi connectivity index (χ2n) is 4.65. The zero-order valence-electron chi connectivity index (χ0n) is 12.2. The lowest BCUT2D eigenvalue weighted by Gasteiger charge is -2.15. The SMILES string of the molecule is CC(OCC(=O)c1sc(Nc2ccn(C)n2)nc1N)C(F)(F)F. The Morgan fingerprint density at radius 1 is 1.57 bits per heavy atom. The first-order valence-electron chi connectivity index (χ1n) is 6.41. The fourth-order valence-electron chi connectivity index (χ4n) is 1.54. The number of hydrogen-bond donors (Lipinski definition) is 2. The van der Waals surface area contributed by atoms with Gasteiger partial charge in [-0.05, 0) is 6.92 Å². The van der Waals surface area contributed by atoms with Gasteiger partial charge in [-0.15, -0.1) is 0 Å². The van der Waals surface area contributed by atoms with Gasteiger partial charge in [0, 0.05) is 19.3 Å². The van der Waals surface area contributed by atoms with Crippen molar-refractivity contribution < 1.29 is 22.7 Å². The molecule has 1 atom stereocenters. The number of carbonyl (C=O) groups is 1. The maximum absolute atomic E-state index is 12.3. The number of carbonyl (C=O) groups excluding carboxylic acids is 1. The molecule has 2 aromatic rings. The average molecular weight is 349 g/mol. The van der Waals surface area contributed by atoms with Crippen molar-refractivity contribution in [3.63, 3.8) is 0 Å². The average Bonchev–Trinajstić information content (AvgIpc) is 3.01. The molecule has 1 unspecified atom stereocenters. The third kappa shape index (κ3) is 4.42. The highest BCUT2D eigenvalue weighted by Crippen LogP contribution is 2.28. The van der Waals surface area contributed by atoms with Gasteiger partial charge < -0.3 is 15.8 Å². The maximum atomic E-state index is 12.3. The van der Waals surface area contributed by atoms with Crippen LogP contribution < -0.4 is 11.1 Å². The van der Waals surface area contributed by atoms with Crippen LogP contribution in [0.2, 0.25) is 0 Å². The van der Waals surface area contributed by atoms with Crippen molar-refractivity contribution in [3.05, 3.63) is 17.1 Å². The first-order valence-corrected chi connectivity index (χ1v) is 7.23. The van der Waals surface area contributed by atoms with Crippen LogP contribution in [0.3, 0.4) is 0 Å². The van der Waals surface area contributed by atoms with Crippen LogP contribution in [-0.4, -0.2) is 39.4 Å². The lowest BCUT2D eigenvalue weighted by molar-refractivity contribution is -0.210. The van der Waals surface area contributed by atoms with Crippen molar-refractivity contribution in [1.29, 1.82) is 0 Å². The fraction of sp³-hybridized carbons (Fsp3) is 0.417. The summed E-state index contributed by atoms with van der Waals surface area (Å²) >= 11 is 0.924. The number of nitrogens with zero attached hydrogens (tertiary/aromatic N) is 3. The van der Waals surface area contributed by atoms with E-state index >= 15 is 0 Å². The number of rotatable bonds is 6. The van der Waals surface area contributed by atoms with Gasteiger partial charge in [0.25, 0.3) is 0 Å². The quantitative estimate of drug-likeness (QED) is 0.778. The molecule has 0 bridgehead atoms. The van der Waals surface area contributed by atoms with Crippen LogP contribution in [0, 0.1) is 0 Å². The predicted molar refractivity (Wildman–Crippen MR) is 78.8 cm³/mol. The molecule has 0 amide bonds. The summed E-state index contributed by atoms with van der Waals surface area (Å²) in [5.74, 6) is -0.228. The van der Waals surface area contributed by atoms with Crippen LogP contribution in [0.1, 0.15) is 16.6 Å². The van der Waals surface area contributed by atoms with Gasteiger partial charge in [0.15, 0.2) is 17.1 Å². The lowest BCUT2D eigenvalue weighted by atomic mass is 10.3. The maximum Gasteiger partial charge on any atom is 0.414 e. The van der Waals surface area contributed by atoms with Crippen molar-refractivity contribution in [2.75, 3.05) is 17.7 Å². The Bertz CT molecular complexity index is 697. The van der Waals surface area contributed by atoms with Crippen molar-refractivity contribution in [3.8, 4) is 0 Å². The van der Waals surface area contributed by atoms with Gasteiger partial charge >= 0.3 is 6.18 Å². The van der Waals surface area contributed by atoms with Crippen molar-refractivity contribution in [2.45, 2.75) is 19.2 Å². The van der Waals surface area contributed by atoms with Gasteiger partial charge in [0.2, 0.25) is 5.78 Å². The molecule has 0 aliphatic rings. The van der Waals surface area contributed by atoms with Gasteiger partial charge in [-0.25, -0.2) is 4.98 Å². The first kappa shape index (κ1) is 17.2. The van der Waals surface area contributed by atoms with E-state index in [1.54, 1.807) is 24.0 Å². The second-order valence-corrected chi connectivity index (χ2v) is 5.65. The van der Waals surface area contributed by atoms with Crippen molar-refractivity contribution >= 4 is 33.9 Å². The number of ether oxygens (including phenoxy) is 1. The molecule has 3 N–H and O–H groups in total. The van der Waals surface area contributed by atoms with Crippen molar-refractivity contribution in [1.82, 2.24) is 14.8 Å². The van der Waals surface area contributed by atoms with Gasteiger partial charge in [-0.3, -0.25) is 9.48 Å². The van der Waals surface area contributed by atoms with Crippen LogP contribution in [0.4, 0.5) is 29.9 Å². The summed E-state index contributed by atoms with van der Waals surface area (Å²) in [6.07, 6.45) is -4.85. The lowest BCUT2D eigenvalue weighted by Crippen LogP contribution is -2.30. The molecule has 126 valence electrons. The summed E-state index contributed by atoms with van der Waals surface area (Å²) in [7, 11) is 1.73. The number of aromatic nitrogens is 3.